The Morgan fingerprint density at radius 1 is 1.21 bits per heavy atom. The Morgan fingerprint density at radius 3 is 2.68 bits per heavy atom. The number of hydrogen-bond acceptors (Lipinski definition) is 4. The summed E-state index contributed by atoms with van der Waals surface area (Å²) in [5.41, 5.74) is 0.949. The van der Waals surface area contributed by atoms with Gasteiger partial charge in [0.05, 0.1) is 6.20 Å². The Morgan fingerprint density at radius 2 is 2.00 bits per heavy atom. The first-order chi connectivity index (χ1) is 9.25. The summed E-state index contributed by atoms with van der Waals surface area (Å²) < 4.78 is 10.6. The monoisotopic (exact) mass is 257 g/mol. The number of pyridine rings is 1. The molecule has 4 heteroatoms. The topological polar surface area (TPSA) is 48.4 Å². The molecule has 1 unspecified atom stereocenters. The molecule has 0 amide bonds. The number of nitrogens with zero attached hydrogens (tertiary/aromatic N) is 1. The van der Waals surface area contributed by atoms with Gasteiger partial charge in [-0.2, -0.15) is 0 Å². The van der Waals surface area contributed by atoms with Gasteiger partial charge in [0.1, 0.15) is 12.4 Å². The lowest BCUT2D eigenvalue weighted by Crippen LogP contribution is -2.26. The Labute approximate surface area is 112 Å². The van der Waals surface area contributed by atoms with Crippen LogP contribution in [0, 0.1) is 0 Å². The third-order valence-electron chi connectivity index (χ3n) is 2.50. The van der Waals surface area contributed by atoms with Gasteiger partial charge in [-0.15, -0.1) is 0 Å². The van der Waals surface area contributed by atoms with Crippen molar-refractivity contribution in [1.29, 1.82) is 0 Å². The molecule has 1 aromatic heterocycles. The van der Waals surface area contributed by atoms with E-state index >= 15 is 0 Å². The molecule has 0 aliphatic carbocycles. The summed E-state index contributed by atoms with van der Waals surface area (Å²) in [6.07, 6.45) is 2.54. The first-order valence-electron chi connectivity index (χ1n) is 6.03. The molecule has 2 aromatic rings. The zero-order valence-corrected chi connectivity index (χ0v) is 10.7. The average molecular weight is 257 g/mol. The van der Waals surface area contributed by atoms with Crippen molar-refractivity contribution in [2.24, 2.45) is 0 Å². The minimum Gasteiger partial charge on any atom is -0.477 e. The molecule has 98 valence electrons. The van der Waals surface area contributed by atoms with Crippen molar-refractivity contribution in [3.63, 3.8) is 0 Å². The molecule has 0 aliphatic heterocycles. The van der Waals surface area contributed by atoms with Crippen LogP contribution in [0.25, 0.3) is 0 Å². The normalized spacial score (nSPS) is 11.6. The summed E-state index contributed by atoms with van der Waals surface area (Å²) in [7, 11) is 0. The molecule has 0 spiro atoms. The molecule has 1 aromatic carbocycles. The van der Waals surface area contributed by atoms with Gasteiger partial charge in [-0.05, 0) is 24.6 Å². The number of carbonyl (C=O) groups is 1. The van der Waals surface area contributed by atoms with Crippen LogP contribution < -0.4 is 4.74 Å². The van der Waals surface area contributed by atoms with E-state index in [0.717, 1.165) is 5.56 Å². The lowest BCUT2D eigenvalue weighted by Gasteiger charge is -2.13. The molecule has 1 atom stereocenters. The lowest BCUT2D eigenvalue weighted by atomic mass is 10.2. The summed E-state index contributed by atoms with van der Waals surface area (Å²) in [4.78, 5) is 15.7. The van der Waals surface area contributed by atoms with Gasteiger partial charge in [0.2, 0.25) is 0 Å². The minimum absolute atomic E-state index is 0.250. The van der Waals surface area contributed by atoms with Crippen LogP contribution in [0.15, 0.2) is 54.9 Å². The molecule has 0 aliphatic rings. The summed E-state index contributed by atoms with van der Waals surface area (Å²) in [5.74, 6) is 0.152. The predicted molar refractivity (Wildman–Crippen MR) is 70.6 cm³/mol. The highest BCUT2D eigenvalue weighted by Gasteiger charge is 2.16. The van der Waals surface area contributed by atoms with E-state index in [4.69, 9.17) is 9.47 Å². The van der Waals surface area contributed by atoms with Gasteiger partial charge >= 0.3 is 5.97 Å². The van der Waals surface area contributed by atoms with Crippen LogP contribution >= 0.6 is 0 Å². The highest BCUT2D eigenvalue weighted by Crippen LogP contribution is 2.10. The number of rotatable bonds is 5. The molecule has 19 heavy (non-hydrogen) atoms. The van der Waals surface area contributed by atoms with Crippen LogP contribution in [-0.4, -0.2) is 17.1 Å². The quantitative estimate of drug-likeness (QED) is 0.772. The Bertz CT molecular complexity index is 513. The second kappa shape index (κ2) is 6.54. The largest absolute Gasteiger partial charge is 0.477 e. The van der Waals surface area contributed by atoms with Crippen molar-refractivity contribution in [1.82, 2.24) is 4.98 Å². The minimum atomic E-state index is -0.659. The maximum atomic E-state index is 11.8. The third-order valence-corrected chi connectivity index (χ3v) is 2.50. The zero-order valence-electron chi connectivity index (χ0n) is 10.7. The van der Waals surface area contributed by atoms with Crippen molar-refractivity contribution in [3.8, 4) is 5.75 Å². The molecule has 1 heterocycles. The van der Waals surface area contributed by atoms with Gasteiger partial charge in [0.15, 0.2) is 6.10 Å². The first kappa shape index (κ1) is 13.1. The third kappa shape index (κ3) is 4.10. The second-order valence-electron chi connectivity index (χ2n) is 4.04. The number of esters is 1. The molecule has 0 bridgehead atoms. The maximum absolute atomic E-state index is 11.8. The number of ether oxygens (including phenoxy) is 2. The number of carbonyl (C=O) groups excluding carboxylic acids is 1. The second-order valence-corrected chi connectivity index (χ2v) is 4.04. The van der Waals surface area contributed by atoms with E-state index in [2.05, 4.69) is 4.98 Å². The van der Waals surface area contributed by atoms with Gasteiger partial charge in [-0.25, -0.2) is 4.79 Å². The summed E-state index contributed by atoms with van der Waals surface area (Å²) in [6, 6.07) is 13.0. The number of benzene rings is 1. The molecule has 0 fully saturated rings. The van der Waals surface area contributed by atoms with Crippen LogP contribution in [0.3, 0.4) is 0 Å². The standard InChI is InChI=1S/C15H15NO3/c1-12(19-14-8-5-9-16-10-14)15(17)18-11-13-6-3-2-4-7-13/h2-10,12H,11H2,1H3. The smallest absolute Gasteiger partial charge is 0.347 e. The van der Waals surface area contributed by atoms with Gasteiger partial charge < -0.3 is 9.47 Å². The molecule has 0 saturated heterocycles. The number of hydrogen-bond donors (Lipinski definition) is 0. The van der Waals surface area contributed by atoms with Gasteiger partial charge in [-0.3, -0.25) is 4.98 Å². The zero-order chi connectivity index (χ0) is 13.5. The van der Waals surface area contributed by atoms with Crippen LogP contribution in [0.5, 0.6) is 5.75 Å². The Kier molecular flexibility index (Phi) is 4.50. The Balaban J connectivity index is 1.83. The fourth-order valence-electron chi connectivity index (χ4n) is 1.52. The summed E-state index contributed by atoms with van der Waals surface area (Å²) in [5, 5.41) is 0. The summed E-state index contributed by atoms with van der Waals surface area (Å²) >= 11 is 0. The highest BCUT2D eigenvalue weighted by molar-refractivity contribution is 5.74. The first-order valence-corrected chi connectivity index (χ1v) is 6.03. The fourth-order valence-corrected chi connectivity index (χ4v) is 1.52. The van der Waals surface area contributed by atoms with Crippen LogP contribution in [-0.2, 0) is 16.1 Å². The van der Waals surface area contributed by atoms with E-state index in [1.807, 2.05) is 30.3 Å². The molecule has 0 radical (unpaired) electrons. The van der Waals surface area contributed by atoms with E-state index in [9.17, 15) is 4.79 Å². The molecule has 0 saturated carbocycles. The van der Waals surface area contributed by atoms with Crippen molar-refractivity contribution in [2.75, 3.05) is 0 Å². The maximum Gasteiger partial charge on any atom is 0.347 e. The van der Waals surface area contributed by atoms with E-state index in [0.29, 0.717) is 5.75 Å². The van der Waals surface area contributed by atoms with E-state index in [1.54, 1.807) is 31.5 Å². The SMILES string of the molecule is CC(Oc1cccnc1)C(=O)OCc1ccccc1. The molecular weight excluding hydrogens is 242 g/mol. The highest BCUT2D eigenvalue weighted by atomic mass is 16.6. The molecule has 4 nitrogen and oxygen atoms in total. The molecule has 2 rings (SSSR count). The van der Waals surface area contributed by atoms with Crippen LogP contribution in [0.2, 0.25) is 0 Å². The van der Waals surface area contributed by atoms with Gasteiger partial charge in [-0.1, -0.05) is 30.3 Å². The van der Waals surface area contributed by atoms with Crippen molar-refractivity contribution in [3.05, 3.63) is 60.4 Å². The van der Waals surface area contributed by atoms with E-state index in [-0.39, 0.29) is 6.61 Å². The fraction of sp³-hybridized carbons (Fsp3) is 0.200. The van der Waals surface area contributed by atoms with Crippen molar-refractivity contribution >= 4 is 5.97 Å². The summed E-state index contributed by atoms with van der Waals surface area (Å²) in [6.45, 7) is 1.90. The van der Waals surface area contributed by atoms with Gasteiger partial charge in [0, 0.05) is 6.20 Å². The molecular formula is C15H15NO3. The Hall–Kier alpha value is -2.36. The van der Waals surface area contributed by atoms with Crippen LogP contribution in [0.4, 0.5) is 0 Å². The van der Waals surface area contributed by atoms with Crippen molar-refractivity contribution < 1.29 is 14.3 Å². The van der Waals surface area contributed by atoms with E-state index in [1.165, 1.54) is 0 Å². The van der Waals surface area contributed by atoms with E-state index < -0.39 is 12.1 Å². The average Bonchev–Trinajstić information content (AvgIpc) is 2.47. The lowest BCUT2D eigenvalue weighted by molar-refractivity contribution is -0.152. The van der Waals surface area contributed by atoms with Gasteiger partial charge in [0.25, 0.3) is 0 Å². The van der Waals surface area contributed by atoms with Crippen molar-refractivity contribution in [2.45, 2.75) is 19.6 Å². The molecule has 0 N–H and O–H groups in total. The predicted octanol–water partition coefficient (Wildman–Crippen LogP) is 2.59. The number of aromatic nitrogens is 1. The van der Waals surface area contributed by atoms with Crippen LogP contribution in [0.1, 0.15) is 12.5 Å².